The first-order valence-corrected chi connectivity index (χ1v) is 12.7. The van der Waals surface area contributed by atoms with E-state index in [1.54, 1.807) is 42.5 Å². The average molecular weight is 561 g/mol. The van der Waals surface area contributed by atoms with Crippen molar-refractivity contribution in [1.29, 1.82) is 0 Å². The number of carbonyl (C=O) groups is 3. The van der Waals surface area contributed by atoms with E-state index >= 15 is 0 Å². The van der Waals surface area contributed by atoms with Crippen LogP contribution in [0.2, 0.25) is 0 Å². The van der Waals surface area contributed by atoms with E-state index < -0.39 is 11.4 Å². The maximum Gasteiger partial charge on any atom is 0.317 e. The average Bonchev–Trinajstić information content (AvgIpc) is 3.62. The maximum atomic E-state index is 12.5. The summed E-state index contributed by atoms with van der Waals surface area (Å²) < 4.78 is 33.9. The van der Waals surface area contributed by atoms with Gasteiger partial charge < -0.3 is 32.9 Å². The van der Waals surface area contributed by atoms with Crippen molar-refractivity contribution in [1.82, 2.24) is 0 Å². The number of allylic oxidation sites excluding steroid dienone is 1. The molecule has 0 aliphatic heterocycles. The molecule has 41 heavy (non-hydrogen) atoms. The van der Waals surface area contributed by atoms with Crippen LogP contribution in [0.1, 0.15) is 41.0 Å². The van der Waals surface area contributed by atoms with Crippen LogP contribution in [0.3, 0.4) is 0 Å². The lowest BCUT2D eigenvalue weighted by molar-refractivity contribution is -0.147. The molecule has 10 nitrogen and oxygen atoms in total. The molecule has 2 heterocycles. The molecule has 0 radical (unpaired) electrons. The normalized spacial score (nSPS) is 16.4. The van der Waals surface area contributed by atoms with Crippen LogP contribution in [-0.2, 0) is 4.79 Å². The van der Waals surface area contributed by atoms with E-state index in [1.807, 2.05) is 0 Å². The third kappa shape index (κ3) is 4.93. The number of ether oxygens (including phenoxy) is 4. The van der Waals surface area contributed by atoms with Gasteiger partial charge in [-0.3, -0.25) is 14.4 Å². The van der Waals surface area contributed by atoms with Gasteiger partial charge in [-0.2, -0.15) is 0 Å². The van der Waals surface area contributed by atoms with Gasteiger partial charge in [0.05, 0.1) is 37.5 Å². The fraction of sp³-hybridized carbons (Fsp3) is 0.258. The van der Waals surface area contributed by atoms with Crippen LogP contribution in [0.4, 0.5) is 0 Å². The Balaban J connectivity index is 1.36. The first-order valence-electron chi connectivity index (χ1n) is 12.7. The van der Waals surface area contributed by atoms with E-state index in [0.29, 0.717) is 50.3 Å². The fourth-order valence-corrected chi connectivity index (χ4v) is 4.95. The number of Topliss-reactive ketones (excluding diaryl/α,β-unsaturated/α-hetero) is 2. The van der Waals surface area contributed by atoms with Crippen molar-refractivity contribution < 1.29 is 47.3 Å². The van der Waals surface area contributed by atoms with Gasteiger partial charge in [-0.15, -0.1) is 0 Å². The van der Waals surface area contributed by atoms with Crippen LogP contribution in [0.5, 0.6) is 23.0 Å². The first kappa shape index (κ1) is 27.6. The molecule has 2 aromatic heterocycles. The Morgan fingerprint density at radius 1 is 0.878 bits per heavy atom. The van der Waals surface area contributed by atoms with Crippen molar-refractivity contribution in [2.24, 2.45) is 5.41 Å². The summed E-state index contributed by atoms with van der Waals surface area (Å²) >= 11 is 0. The summed E-state index contributed by atoms with van der Waals surface area (Å²) in [6.45, 7) is 2.63. The van der Waals surface area contributed by atoms with Crippen molar-refractivity contribution in [3.05, 3.63) is 71.7 Å². The number of carboxylic acids is 1. The molecule has 1 unspecified atom stereocenters. The monoisotopic (exact) mass is 560 g/mol. The topological polar surface area (TPSA) is 135 Å². The Morgan fingerprint density at radius 3 is 1.85 bits per heavy atom. The minimum Gasteiger partial charge on any atom is -0.495 e. The highest BCUT2D eigenvalue weighted by molar-refractivity contribution is 6.06. The molecule has 1 atom stereocenters. The lowest BCUT2D eigenvalue weighted by atomic mass is 9.81. The zero-order valence-electron chi connectivity index (χ0n) is 22.9. The second kappa shape index (κ2) is 10.9. The Kier molecular flexibility index (Phi) is 7.32. The number of benzene rings is 2. The molecule has 1 aliphatic carbocycles. The molecular formula is C31H28O10. The molecule has 10 heteroatoms. The molecule has 0 spiro atoms. The number of fused-ring (bicyclic) bond motifs is 2. The molecule has 4 aromatic rings. The number of carbonyl (C=O) groups excluding carboxylic acids is 2. The predicted molar refractivity (Wildman–Crippen MR) is 148 cm³/mol. The standard InChI is InChI=1S/C31H28O10/c1-17(32)26-24(13-22-20(7-11-38-22)28(26)36-3)40-15-19-5-9-31(10-6-19,30(34)35)16-41-25-14-23-21(8-12-39-23)29(37-4)27(25)18(2)33/h5-9,11-14H,10,15-16H2,1-4H3,(H,34,35). The van der Waals surface area contributed by atoms with Gasteiger partial charge in [0.15, 0.2) is 11.6 Å². The maximum absolute atomic E-state index is 12.5. The number of furan rings is 2. The molecule has 0 saturated carbocycles. The largest absolute Gasteiger partial charge is 0.495 e. The number of methoxy groups -OCH3 is 2. The van der Waals surface area contributed by atoms with Gasteiger partial charge in [0.2, 0.25) is 0 Å². The van der Waals surface area contributed by atoms with Crippen LogP contribution in [0, 0.1) is 5.41 Å². The van der Waals surface area contributed by atoms with Gasteiger partial charge in [-0.05, 0) is 38.0 Å². The molecular weight excluding hydrogens is 532 g/mol. The van der Waals surface area contributed by atoms with Gasteiger partial charge in [0.1, 0.15) is 63.9 Å². The number of carboxylic acid groups (broad SMARTS) is 1. The van der Waals surface area contributed by atoms with Gasteiger partial charge >= 0.3 is 5.97 Å². The Bertz CT molecular complexity index is 1730. The van der Waals surface area contributed by atoms with Crippen LogP contribution >= 0.6 is 0 Å². The quantitative estimate of drug-likeness (QED) is 0.217. The van der Waals surface area contributed by atoms with Crippen molar-refractivity contribution >= 4 is 39.5 Å². The lowest BCUT2D eigenvalue weighted by Crippen LogP contribution is -2.36. The first-order chi connectivity index (χ1) is 19.7. The van der Waals surface area contributed by atoms with Gasteiger partial charge in [-0.25, -0.2) is 0 Å². The van der Waals surface area contributed by atoms with Crippen LogP contribution in [0.25, 0.3) is 21.9 Å². The van der Waals surface area contributed by atoms with Crippen molar-refractivity contribution in [2.75, 3.05) is 27.4 Å². The smallest absolute Gasteiger partial charge is 0.317 e. The molecule has 0 fully saturated rings. The number of aliphatic carboxylic acids is 1. The van der Waals surface area contributed by atoms with Crippen LogP contribution < -0.4 is 18.9 Å². The number of hydrogen-bond donors (Lipinski definition) is 1. The molecule has 0 saturated heterocycles. The van der Waals surface area contributed by atoms with Crippen molar-refractivity contribution in [3.8, 4) is 23.0 Å². The summed E-state index contributed by atoms with van der Waals surface area (Å²) in [6, 6.07) is 6.59. The number of ketones is 2. The van der Waals surface area contributed by atoms with Crippen molar-refractivity contribution in [3.63, 3.8) is 0 Å². The van der Waals surface area contributed by atoms with E-state index in [2.05, 4.69) is 0 Å². The summed E-state index contributed by atoms with van der Waals surface area (Å²) in [5.74, 6) is -0.487. The van der Waals surface area contributed by atoms with Crippen LogP contribution in [0.15, 0.2) is 69.4 Å². The lowest BCUT2D eigenvalue weighted by Gasteiger charge is -2.28. The Hall–Kier alpha value is -4.99. The van der Waals surface area contributed by atoms with Gasteiger partial charge in [0, 0.05) is 12.1 Å². The van der Waals surface area contributed by atoms with Crippen molar-refractivity contribution in [2.45, 2.75) is 20.3 Å². The van der Waals surface area contributed by atoms with E-state index in [0.717, 1.165) is 0 Å². The van der Waals surface area contributed by atoms with E-state index in [1.165, 1.54) is 40.6 Å². The summed E-state index contributed by atoms with van der Waals surface area (Å²) in [5.41, 5.74) is 0.754. The second-order valence-electron chi connectivity index (χ2n) is 9.70. The second-order valence-corrected chi connectivity index (χ2v) is 9.70. The summed E-state index contributed by atoms with van der Waals surface area (Å²) in [6.07, 6.45) is 8.03. The molecule has 1 aliphatic rings. The molecule has 212 valence electrons. The Morgan fingerprint density at radius 2 is 1.41 bits per heavy atom. The highest BCUT2D eigenvalue weighted by atomic mass is 16.5. The van der Waals surface area contributed by atoms with Gasteiger partial charge in [0.25, 0.3) is 0 Å². The summed E-state index contributed by atoms with van der Waals surface area (Å²) in [4.78, 5) is 37.4. The zero-order valence-corrected chi connectivity index (χ0v) is 22.9. The van der Waals surface area contributed by atoms with E-state index in [-0.39, 0.29) is 42.5 Å². The number of hydrogen-bond acceptors (Lipinski definition) is 9. The number of rotatable bonds is 11. The van der Waals surface area contributed by atoms with Gasteiger partial charge in [-0.1, -0.05) is 18.2 Å². The molecule has 0 bridgehead atoms. The predicted octanol–water partition coefficient (Wildman–Crippen LogP) is 6.02. The Labute approximate surface area is 234 Å². The summed E-state index contributed by atoms with van der Waals surface area (Å²) in [7, 11) is 2.91. The highest BCUT2D eigenvalue weighted by Crippen LogP contribution is 2.41. The van der Waals surface area contributed by atoms with E-state index in [9.17, 15) is 19.5 Å². The third-order valence-electron chi connectivity index (χ3n) is 7.11. The minimum absolute atomic E-state index is 0.0730. The third-order valence-corrected chi connectivity index (χ3v) is 7.11. The zero-order chi connectivity index (χ0) is 29.3. The fourth-order valence-electron chi connectivity index (χ4n) is 4.95. The highest BCUT2D eigenvalue weighted by Gasteiger charge is 2.38. The van der Waals surface area contributed by atoms with Crippen LogP contribution in [-0.4, -0.2) is 50.1 Å². The molecule has 5 rings (SSSR count). The van der Waals surface area contributed by atoms with E-state index in [4.69, 9.17) is 27.8 Å². The molecule has 0 amide bonds. The molecule has 2 aromatic carbocycles. The molecule has 1 N–H and O–H groups in total. The minimum atomic E-state index is -1.40. The SMILES string of the molecule is COc1c(C(C)=O)c(OCC2=CCC(COc3cc4occc4c(OC)c3C(C)=O)(C(=O)O)C=C2)cc2occc12. The summed E-state index contributed by atoms with van der Waals surface area (Å²) in [5, 5.41) is 11.4.